The van der Waals surface area contributed by atoms with Crippen molar-refractivity contribution in [2.75, 3.05) is 21.3 Å². The highest BCUT2D eigenvalue weighted by Gasteiger charge is 2.08. The van der Waals surface area contributed by atoms with Gasteiger partial charge < -0.3 is 19.9 Å². The SMILES string of the molecule is CC(N)=O.COc1cccc(OC)c1OC. The summed E-state index contributed by atoms with van der Waals surface area (Å²) in [4.78, 5) is 9.22. The van der Waals surface area contributed by atoms with E-state index in [1.165, 1.54) is 6.92 Å². The Morgan fingerprint density at radius 3 is 1.69 bits per heavy atom. The van der Waals surface area contributed by atoms with Crippen LogP contribution in [-0.4, -0.2) is 27.2 Å². The zero-order valence-corrected chi connectivity index (χ0v) is 9.94. The molecule has 1 aromatic rings. The van der Waals surface area contributed by atoms with Gasteiger partial charge in [0, 0.05) is 6.92 Å². The van der Waals surface area contributed by atoms with Gasteiger partial charge in [-0.15, -0.1) is 0 Å². The molecule has 16 heavy (non-hydrogen) atoms. The lowest BCUT2D eigenvalue weighted by molar-refractivity contribution is -0.115. The molecule has 0 unspecified atom stereocenters. The Bertz CT molecular complexity index is 313. The minimum Gasteiger partial charge on any atom is -0.493 e. The third kappa shape index (κ3) is 4.54. The van der Waals surface area contributed by atoms with Crippen LogP contribution in [0.3, 0.4) is 0 Å². The van der Waals surface area contributed by atoms with Crippen LogP contribution in [0.4, 0.5) is 0 Å². The zero-order valence-electron chi connectivity index (χ0n) is 9.94. The van der Waals surface area contributed by atoms with Gasteiger partial charge in [0.05, 0.1) is 21.3 Å². The molecule has 90 valence electrons. The molecule has 0 fully saturated rings. The van der Waals surface area contributed by atoms with E-state index in [0.717, 1.165) is 0 Å². The summed E-state index contributed by atoms with van der Waals surface area (Å²) in [5, 5.41) is 0. The van der Waals surface area contributed by atoms with Crippen LogP contribution < -0.4 is 19.9 Å². The van der Waals surface area contributed by atoms with Crippen molar-refractivity contribution in [2.45, 2.75) is 6.92 Å². The standard InChI is InChI=1S/C9H12O3.C2H5NO/c1-10-7-5-4-6-8(11-2)9(7)12-3;1-2(3)4/h4-6H,1-3H3;1H3,(H2,3,4). The number of benzene rings is 1. The minimum absolute atomic E-state index is 0.333. The molecule has 0 bridgehead atoms. The molecule has 0 aliphatic carbocycles. The van der Waals surface area contributed by atoms with Crippen molar-refractivity contribution in [1.29, 1.82) is 0 Å². The summed E-state index contributed by atoms with van der Waals surface area (Å²) in [5.74, 6) is 1.65. The molecule has 2 N–H and O–H groups in total. The molecule has 0 aliphatic rings. The first-order chi connectivity index (χ1) is 7.56. The monoisotopic (exact) mass is 227 g/mol. The fraction of sp³-hybridized carbons (Fsp3) is 0.364. The van der Waals surface area contributed by atoms with Crippen molar-refractivity contribution in [3.8, 4) is 17.2 Å². The van der Waals surface area contributed by atoms with Crippen molar-refractivity contribution in [2.24, 2.45) is 5.73 Å². The number of primary amides is 1. The van der Waals surface area contributed by atoms with E-state index < -0.39 is 0 Å². The topological polar surface area (TPSA) is 70.8 Å². The third-order valence-corrected chi connectivity index (χ3v) is 1.59. The highest BCUT2D eigenvalue weighted by Crippen LogP contribution is 2.35. The van der Waals surface area contributed by atoms with E-state index in [-0.39, 0.29) is 5.91 Å². The second kappa shape index (κ2) is 7.39. The first kappa shape index (κ1) is 14.1. The number of hydrogen-bond acceptors (Lipinski definition) is 4. The van der Waals surface area contributed by atoms with Gasteiger partial charge in [0.2, 0.25) is 11.7 Å². The van der Waals surface area contributed by atoms with Crippen molar-refractivity contribution < 1.29 is 19.0 Å². The summed E-state index contributed by atoms with van der Waals surface area (Å²) in [7, 11) is 4.77. The number of hydrogen-bond donors (Lipinski definition) is 1. The van der Waals surface area contributed by atoms with E-state index >= 15 is 0 Å². The molecule has 0 saturated carbocycles. The molecule has 1 aromatic carbocycles. The Kier molecular flexibility index (Phi) is 6.51. The quantitative estimate of drug-likeness (QED) is 0.842. The summed E-state index contributed by atoms with van der Waals surface area (Å²) in [5.41, 5.74) is 4.47. The molecule has 5 nitrogen and oxygen atoms in total. The van der Waals surface area contributed by atoms with Gasteiger partial charge in [-0.25, -0.2) is 0 Å². The first-order valence-electron chi connectivity index (χ1n) is 4.57. The van der Waals surface area contributed by atoms with Crippen LogP contribution >= 0.6 is 0 Å². The van der Waals surface area contributed by atoms with E-state index in [1.807, 2.05) is 18.2 Å². The number of methoxy groups -OCH3 is 3. The number of nitrogens with two attached hydrogens (primary N) is 1. The Hall–Kier alpha value is -1.91. The van der Waals surface area contributed by atoms with Crippen LogP contribution in [0.2, 0.25) is 0 Å². The van der Waals surface area contributed by atoms with Gasteiger partial charge in [-0.05, 0) is 12.1 Å². The Morgan fingerprint density at radius 1 is 1.06 bits per heavy atom. The lowest BCUT2D eigenvalue weighted by Gasteiger charge is -2.10. The second-order valence-corrected chi connectivity index (χ2v) is 2.81. The number of rotatable bonds is 3. The molecular weight excluding hydrogens is 210 g/mol. The van der Waals surface area contributed by atoms with Crippen molar-refractivity contribution in [3.63, 3.8) is 0 Å². The lowest BCUT2D eigenvalue weighted by Crippen LogP contribution is -2.01. The van der Waals surface area contributed by atoms with Crippen LogP contribution in [0.15, 0.2) is 18.2 Å². The van der Waals surface area contributed by atoms with Crippen molar-refractivity contribution in [1.82, 2.24) is 0 Å². The summed E-state index contributed by atoms with van der Waals surface area (Å²) < 4.78 is 15.3. The van der Waals surface area contributed by atoms with Crippen LogP contribution in [0.25, 0.3) is 0 Å². The Balaban J connectivity index is 0.000000487. The van der Waals surface area contributed by atoms with Crippen molar-refractivity contribution in [3.05, 3.63) is 18.2 Å². The zero-order chi connectivity index (χ0) is 12.6. The molecule has 0 heterocycles. The molecule has 0 atom stereocenters. The van der Waals surface area contributed by atoms with Crippen LogP contribution in [0.1, 0.15) is 6.92 Å². The number of para-hydroxylation sites is 1. The number of carbonyl (C=O) groups is 1. The van der Waals surface area contributed by atoms with E-state index in [4.69, 9.17) is 14.2 Å². The summed E-state index contributed by atoms with van der Waals surface area (Å²) in [6.45, 7) is 1.31. The molecule has 1 amide bonds. The first-order valence-corrected chi connectivity index (χ1v) is 4.57. The smallest absolute Gasteiger partial charge is 0.214 e. The van der Waals surface area contributed by atoms with Gasteiger partial charge >= 0.3 is 0 Å². The maximum absolute atomic E-state index is 9.22. The second-order valence-electron chi connectivity index (χ2n) is 2.81. The van der Waals surface area contributed by atoms with E-state index in [1.54, 1.807) is 21.3 Å². The molecule has 0 radical (unpaired) electrons. The van der Waals surface area contributed by atoms with Crippen LogP contribution in [0, 0.1) is 0 Å². The lowest BCUT2D eigenvalue weighted by atomic mass is 10.3. The van der Waals surface area contributed by atoms with Gasteiger partial charge in [-0.1, -0.05) is 6.07 Å². The third-order valence-electron chi connectivity index (χ3n) is 1.59. The van der Waals surface area contributed by atoms with Gasteiger partial charge in [0.15, 0.2) is 11.5 Å². The van der Waals surface area contributed by atoms with E-state index in [9.17, 15) is 4.79 Å². The van der Waals surface area contributed by atoms with Gasteiger partial charge in [0.1, 0.15) is 0 Å². The van der Waals surface area contributed by atoms with Gasteiger partial charge in [0.25, 0.3) is 0 Å². The Labute approximate surface area is 95.1 Å². The molecule has 1 rings (SSSR count). The molecule has 0 aliphatic heterocycles. The van der Waals surface area contributed by atoms with Gasteiger partial charge in [-0.3, -0.25) is 4.79 Å². The number of ether oxygens (including phenoxy) is 3. The highest BCUT2D eigenvalue weighted by molar-refractivity contribution is 5.70. The molecular formula is C11H17NO4. The fourth-order valence-corrected chi connectivity index (χ4v) is 1.02. The molecule has 5 heteroatoms. The predicted molar refractivity (Wildman–Crippen MR) is 61.0 cm³/mol. The summed E-state index contributed by atoms with van der Waals surface area (Å²) >= 11 is 0. The van der Waals surface area contributed by atoms with E-state index in [2.05, 4.69) is 5.73 Å². The maximum Gasteiger partial charge on any atom is 0.214 e. The molecule has 0 aromatic heterocycles. The number of carbonyl (C=O) groups excluding carboxylic acids is 1. The summed E-state index contributed by atoms with van der Waals surface area (Å²) in [6, 6.07) is 5.49. The highest BCUT2D eigenvalue weighted by atomic mass is 16.5. The largest absolute Gasteiger partial charge is 0.493 e. The fourth-order valence-electron chi connectivity index (χ4n) is 1.02. The minimum atomic E-state index is -0.333. The van der Waals surface area contributed by atoms with Crippen LogP contribution in [0.5, 0.6) is 17.2 Å². The predicted octanol–water partition coefficient (Wildman–Crippen LogP) is 1.20. The van der Waals surface area contributed by atoms with E-state index in [0.29, 0.717) is 17.2 Å². The molecule has 0 saturated heterocycles. The maximum atomic E-state index is 9.22. The average Bonchev–Trinajstić information content (AvgIpc) is 2.26. The van der Waals surface area contributed by atoms with Crippen LogP contribution in [-0.2, 0) is 4.79 Å². The summed E-state index contributed by atoms with van der Waals surface area (Å²) in [6.07, 6.45) is 0. The van der Waals surface area contributed by atoms with Gasteiger partial charge in [-0.2, -0.15) is 0 Å². The average molecular weight is 227 g/mol. The number of amides is 1. The van der Waals surface area contributed by atoms with Crippen molar-refractivity contribution >= 4 is 5.91 Å². The Morgan fingerprint density at radius 2 is 1.44 bits per heavy atom. The normalized spacial score (nSPS) is 8.50. The molecule has 0 spiro atoms.